The molecule has 1 fully saturated rings. The summed E-state index contributed by atoms with van der Waals surface area (Å²) in [5.74, 6) is 0.140. The lowest BCUT2D eigenvalue weighted by Gasteiger charge is -2.32. The molecule has 5 heteroatoms. The topological polar surface area (TPSA) is 61.6 Å². The van der Waals surface area contributed by atoms with E-state index in [1.807, 2.05) is 5.01 Å². The average Bonchev–Trinajstić information content (AvgIpc) is 2.28. The Morgan fingerprint density at radius 3 is 2.50 bits per heavy atom. The Kier molecular flexibility index (Phi) is 6.37. The summed E-state index contributed by atoms with van der Waals surface area (Å²) in [5.41, 5.74) is 8.35. The third-order valence-electron chi connectivity index (χ3n) is 2.89. The van der Waals surface area contributed by atoms with Crippen molar-refractivity contribution < 1.29 is 4.79 Å². The minimum Gasteiger partial charge on any atom is -0.330 e. The van der Waals surface area contributed by atoms with E-state index < -0.39 is 0 Å². The van der Waals surface area contributed by atoms with E-state index in [9.17, 15) is 4.79 Å². The molecule has 0 unspecified atom stereocenters. The van der Waals surface area contributed by atoms with Crippen LogP contribution >= 0.6 is 0 Å². The van der Waals surface area contributed by atoms with Gasteiger partial charge in [-0.25, -0.2) is 5.01 Å². The van der Waals surface area contributed by atoms with Gasteiger partial charge in [0.05, 0.1) is 0 Å². The van der Waals surface area contributed by atoms with E-state index in [0.717, 1.165) is 52.0 Å². The molecule has 1 rings (SSSR count). The molecule has 1 heterocycles. The van der Waals surface area contributed by atoms with E-state index >= 15 is 0 Å². The SMILES string of the molecule is CN1CCN(NC(=O)CCCCCN)CC1. The molecule has 0 spiro atoms. The molecule has 0 radical (unpaired) electrons. The summed E-state index contributed by atoms with van der Waals surface area (Å²) < 4.78 is 0. The van der Waals surface area contributed by atoms with Crippen LogP contribution in [0.3, 0.4) is 0 Å². The van der Waals surface area contributed by atoms with E-state index in [0.29, 0.717) is 6.42 Å². The lowest BCUT2D eigenvalue weighted by molar-refractivity contribution is -0.126. The number of carbonyl (C=O) groups excluding carboxylic acids is 1. The van der Waals surface area contributed by atoms with Crippen molar-refractivity contribution in [1.82, 2.24) is 15.3 Å². The van der Waals surface area contributed by atoms with E-state index in [1.54, 1.807) is 0 Å². The van der Waals surface area contributed by atoms with Crippen LogP contribution in [0.4, 0.5) is 0 Å². The monoisotopic (exact) mass is 228 g/mol. The van der Waals surface area contributed by atoms with Crippen LogP contribution in [0, 0.1) is 0 Å². The van der Waals surface area contributed by atoms with Crippen LogP contribution in [0.1, 0.15) is 25.7 Å². The molecule has 16 heavy (non-hydrogen) atoms. The van der Waals surface area contributed by atoms with Crippen molar-refractivity contribution in [1.29, 1.82) is 0 Å². The van der Waals surface area contributed by atoms with Gasteiger partial charge in [0.15, 0.2) is 0 Å². The van der Waals surface area contributed by atoms with Gasteiger partial charge in [-0.3, -0.25) is 10.2 Å². The van der Waals surface area contributed by atoms with Crippen LogP contribution in [-0.2, 0) is 4.79 Å². The molecule has 1 amide bonds. The quantitative estimate of drug-likeness (QED) is 0.617. The van der Waals surface area contributed by atoms with Crippen LogP contribution < -0.4 is 11.2 Å². The number of carbonyl (C=O) groups is 1. The highest BCUT2D eigenvalue weighted by Crippen LogP contribution is 2.00. The zero-order chi connectivity index (χ0) is 11.8. The number of hydrogen-bond donors (Lipinski definition) is 2. The number of nitrogens with two attached hydrogens (primary N) is 1. The first-order chi connectivity index (χ1) is 7.72. The molecule has 5 nitrogen and oxygen atoms in total. The van der Waals surface area contributed by atoms with Gasteiger partial charge < -0.3 is 10.6 Å². The van der Waals surface area contributed by atoms with Crippen molar-refractivity contribution >= 4 is 5.91 Å². The Morgan fingerprint density at radius 2 is 1.88 bits per heavy atom. The minimum absolute atomic E-state index is 0.140. The molecule has 1 aliphatic rings. The maximum Gasteiger partial charge on any atom is 0.234 e. The van der Waals surface area contributed by atoms with Crippen molar-refractivity contribution in [2.24, 2.45) is 5.73 Å². The highest BCUT2D eigenvalue weighted by atomic mass is 16.2. The predicted octanol–water partition coefficient (Wildman–Crippen LogP) is -0.216. The molecule has 1 saturated heterocycles. The molecular formula is C11H24N4O. The van der Waals surface area contributed by atoms with Crippen molar-refractivity contribution in [2.45, 2.75) is 25.7 Å². The zero-order valence-electron chi connectivity index (χ0n) is 10.2. The predicted molar refractivity (Wildman–Crippen MR) is 64.7 cm³/mol. The van der Waals surface area contributed by atoms with Crippen LogP contribution in [0.2, 0.25) is 0 Å². The van der Waals surface area contributed by atoms with Gasteiger partial charge in [0.1, 0.15) is 0 Å². The first-order valence-corrected chi connectivity index (χ1v) is 6.15. The fourth-order valence-corrected chi connectivity index (χ4v) is 1.76. The zero-order valence-corrected chi connectivity index (χ0v) is 10.2. The Labute approximate surface area is 97.9 Å². The second kappa shape index (κ2) is 7.60. The summed E-state index contributed by atoms with van der Waals surface area (Å²) in [4.78, 5) is 13.8. The lowest BCUT2D eigenvalue weighted by atomic mass is 10.2. The number of hydrazine groups is 1. The number of nitrogens with one attached hydrogen (secondary N) is 1. The Morgan fingerprint density at radius 1 is 1.19 bits per heavy atom. The largest absolute Gasteiger partial charge is 0.330 e. The van der Waals surface area contributed by atoms with Gasteiger partial charge in [0, 0.05) is 32.6 Å². The second-order valence-corrected chi connectivity index (χ2v) is 4.42. The van der Waals surface area contributed by atoms with Crippen molar-refractivity contribution in [3.63, 3.8) is 0 Å². The number of unbranched alkanes of at least 4 members (excludes halogenated alkanes) is 2. The molecule has 0 atom stereocenters. The Hall–Kier alpha value is -0.650. The molecule has 3 N–H and O–H groups in total. The van der Waals surface area contributed by atoms with Gasteiger partial charge in [0.25, 0.3) is 0 Å². The van der Waals surface area contributed by atoms with Crippen molar-refractivity contribution in [3.05, 3.63) is 0 Å². The van der Waals surface area contributed by atoms with Crippen LogP contribution in [0.25, 0.3) is 0 Å². The van der Waals surface area contributed by atoms with Crippen LogP contribution in [0.5, 0.6) is 0 Å². The van der Waals surface area contributed by atoms with E-state index in [4.69, 9.17) is 5.73 Å². The number of hydrogen-bond acceptors (Lipinski definition) is 4. The van der Waals surface area contributed by atoms with Crippen LogP contribution in [0.15, 0.2) is 0 Å². The molecule has 94 valence electrons. The first kappa shape index (κ1) is 13.4. The lowest BCUT2D eigenvalue weighted by Crippen LogP contribution is -2.52. The number of nitrogens with zero attached hydrogens (tertiary/aromatic N) is 2. The van der Waals surface area contributed by atoms with Gasteiger partial charge in [-0.2, -0.15) is 0 Å². The molecule has 0 aliphatic carbocycles. The summed E-state index contributed by atoms with van der Waals surface area (Å²) in [6.45, 7) is 4.61. The van der Waals surface area contributed by atoms with E-state index in [-0.39, 0.29) is 5.91 Å². The summed E-state index contributed by atoms with van der Waals surface area (Å²) in [6.07, 6.45) is 3.62. The van der Waals surface area contributed by atoms with E-state index in [1.165, 1.54) is 0 Å². The molecular weight excluding hydrogens is 204 g/mol. The summed E-state index contributed by atoms with van der Waals surface area (Å²) >= 11 is 0. The molecule has 0 aromatic carbocycles. The molecule has 0 aromatic rings. The standard InChI is InChI=1S/C11H24N4O/c1-14-7-9-15(10-8-14)13-11(16)5-3-2-4-6-12/h2-10,12H2,1H3,(H,13,16). The van der Waals surface area contributed by atoms with Gasteiger partial charge in [-0.05, 0) is 26.4 Å². The van der Waals surface area contributed by atoms with Crippen molar-refractivity contribution in [3.8, 4) is 0 Å². The molecule has 1 aliphatic heterocycles. The number of likely N-dealkylation sites (N-methyl/N-ethyl adjacent to an activating group) is 1. The van der Waals surface area contributed by atoms with E-state index in [2.05, 4.69) is 17.4 Å². The Bertz CT molecular complexity index is 202. The fourth-order valence-electron chi connectivity index (χ4n) is 1.76. The smallest absolute Gasteiger partial charge is 0.234 e. The summed E-state index contributed by atoms with van der Waals surface area (Å²) in [5, 5.41) is 2.02. The number of rotatable bonds is 6. The van der Waals surface area contributed by atoms with Crippen LogP contribution in [-0.4, -0.2) is 55.6 Å². The average molecular weight is 228 g/mol. The Balaban J connectivity index is 2.05. The van der Waals surface area contributed by atoms with Crippen molar-refractivity contribution in [2.75, 3.05) is 39.8 Å². The maximum absolute atomic E-state index is 11.6. The third-order valence-corrected chi connectivity index (χ3v) is 2.89. The first-order valence-electron chi connectivity index (χ1n) is 6.15. The molecule has 0 saturated carbocycles. The number of piperazine rings is 1. The highest BCUT2D eigenvalue weighted by molar-refractivity contribution is 5.75. The van der Waals surface area contributed by atoms with Gasteiger partial charge >= 0.3 is 0 Å². The normalized spacial score (nSPS) is 18.6. The molecule has 0 aromatic heterocycles. The fraction of sp³-hybridized carbons (Fsp3) is 0.909. The van der Waals surface area contributed by atoms with Gasteiger partial charge in [-0.15, -0.1) is 0 Å². The highest BCUT2D eigenvalue weighted by Gasteiger charge is 2.14. The third kappa shape index (κ3) is 5.44. The van der Waals surface area contributed by atoms with Gasteiger partial charge in [0.2, 0.25) is 5.91 Å². The summed E-state index contributed by atoms with van der Waals surface area (Å²) in [6, 6.07) is 0. The maximum atomic E-state index is 11.6. The second-order valence-electron chi connectivity index (χ2n) is 4.42. The summed E-state index contributed by atoms with van der Waals surface area (Å²) in [7, 11) is 2.10. The number of amides is 1. The molecule has 0 bridgehead atoms. The minimum atomic E-state index is 0.140. The van der Waals surface area contributed by atoms with Gasteiger partial charge in [-0.1, -0.05) is 6.42 Å².